The zero-order valence-electron chi connectivity index (χ0n) is 11.0. The van der Waals surface area contributed by atoms with E-state index in [9.17, 15) is 0 Å². The van der Waals surface area contributed by atoms with Crippen molar-refractivity contribution in [1.82, 2.24) is 4.90 Å². The number of nitrogens with zero attached hydrogens (tertiary/aromatic N) is 1. The number of hydrogen-bond donors (Lipinski definition) is 1. The molecule has 2 fully saturated rings. The Morgan fingerprint density at radius 3 is 2.25 bits per heavy atom. The van der Waals surface area contributed by atoms with Crippen molar-refractivity contribution in [2.75, 3.05) is 20.1 Å². The first-order valence-electron chi connectivity index (χ1n) is 7.11. The SMILES string of the molecule is CC1CCC(C(CN)N(C)CC2CC2)CC1. The van der Waals surface area contributed by atoms with Gasteiger partial charge in [0.05, 0.1) is 0 Å². The monoisotopic (exact) mass is 224 g/mol. The molecule has 0 aromatic carbocycles. The van der Waals surface area contributed by atoms with Crippen LogP contribution in [0, 0.1) is 17.8 Å². The Morgan fingerprint density at radius 2 is 1.75 bits per heavy atom. The molecule has 1 unspecified atom stereocenters. The van der Waals surface area contributed by atoms with Gasteiger partial charge in [0.25, 0.3) is 0 Å². The first-order chi connectivity index (χ1) is 7.70. The van der Waals surface area contributed by atoms with Crippen LogP contribution in [0.2, 0.25) is 0 Å². The molecule has 0 aromatic heterocycles. The molecule has 0 radical (unpaired) electrons. The van der Waals surface area contributed by atoms with Crippen LogP contribution in [0.5, 0.6) is 0 Å². The van der Waals surface area contributed by atoms with Gasteiger partial charge in [0.2, 0.25) is 0 Å². The van der Waals surface area contributed by atoms with E-state index < -0.39 is 0 Å². The predicted molar refractivity (Wildman–Crippen MR) is 69.3 cm³/mol. The van der Waals surface area contributed by atoms with Crippen LogP contribution in [0.15, 0.2) is 0 Å². The summed E-state index contributed by atoms with van der Waals surface area (Å²) in [6.45, 7) is 4.53. The van der Waals surface area contributed by atoms with Gasteiger partial charge in [-0.25, -0.2) is 0 Å². The zero-order valence-corrected chi connectivity index (χ0v) is 11.0. The normalized spacial score (nSPS) is 33.0. The molecular weight excluding hydrogens is 196 g/mol. The maximum Gasteiger partial charge on any atom is 0.0243 e. The predicted octanol–water partition coefficient (Wildman–Crippen LogP) is 2.48. The maximum absolute atomic E-state index is 5.99. The largest absolute Gasteiger partial charge is 0.329 e. The van der Waals surface area contributed by atoms with E-state index in [2.05, 4.69) is 18.9 Å². The molecule has 2 nitrogen and oxygen atoms in total. The molecular formula is C14H28N2. The molecule has 0 amide bonds. The number of likely N-dealkylation sites (N-methyl/N-ethyl adjacent to an activating group) is 1. The fraction of sp³-hybridized carbons (Fsp3) is 1.00. The Kier molecular flexibility index (Phi) is 4.26. The maximum atomic E-state index is 5.99. The molecule has 0 aliphatic heterocycles. The smallest absolute Gasteiger partial charge is 0.0243 e. The summed E-state index contributed by atoms with van der Waals surface area (Å²) < 4.78 is 0. The quantitative estimate of drug-likeness (QED) is 0.777. The molecule has 2 saturated carbocycles. The summed E-state index contributed by atoms with van der Waals surface area (Å²) in [5, 5.41) is 0. The van der Waals surface area contributed by atoms with E-state index >= 15 is 0 Å². The highest BCUT2D eigenvalue weighted by atomic mass is 15.1. The highest BCUT2D eigenvalue weighted by Gasteiger charge is 2.31. The molecule has 1 atom stereocenters. The van der Waals surface area contributed by atoms with Crippen molar-refractivity contribution in [3.63, 3.8) is 0 Å². The van der Waals surface area contributed by atoms with Crippen molar-refractivity contribution in [1.29, 1.82) is 0 Å². The van der Waals surface area contributed by atoms with Crippen molar-refractivity contribution in [3.8, 4) is 0 Å². The highest BCUT2D eigenvalue weighted by Crippen LogP contribution is 2.34. The first-order valence-corrected chi connectivity index (χ1v) is 7.11. The minimum absolute atomic E-state index is 0.646. The van der Waals surface area contributed by atoms with E-state index in [-0.39, 0.29) is 0 Å². The molecule has 0 saturated heterocycles. The molecule has 2 heteroatoms. The lowest BCUT2D eigenvalue weighted by Crippen LogP contribution is -2.45. The molecule has 0 aromatic rings. The minimum atomic E-state index is 0.646. The third kappa shape index (κ3) is 3.21. The second kappa shape index (κ2) is 5.50. The van der Waals surface area contributed by atoms with Gasteiger partial charge in [-0.1, -0.05) is 19.8 Å². The molecule has 16 heavy (non-hydrogen) atoms. The number of nitrogens with two attached hydrogens (primary N) is 1. The van der Waals surface area contributed by atoms with Crippen LogP contribution in [0.3, 0.4) is 0 Å². The van der Waals surface area contributed by atoms with Gasteiger partial charge in [0.15, 0.2) is 0 Å². The Labute approximate surface area is 101 Å². The van der Waals surface area contributed by atoms with Crippen LogP contribution in [0.25, 0.3) is 0 Å². The second-order valence-corrected chi connectivity index (χ2v) is 6.21. The summed E-state index contributed by atoms with van der Waals surface area (Å²) in [4.78, 5) is 2.55. The van der Waals surface area contributed by atoms with Gasteiger partial charge in [-0.05, 0) is 50.5 Å². The summed E-state index contributed by atoms with van der Waals surface area (Å²) in [5.74, 6) is 2.80. The molecule has 0 bridgehead atoms. The topological polar surface area (TPSA) is 29.3 Å². The Balaban J connectivity index is 1.82. The van der Waals surface area contributed by atoms with Crippen molar-refractivity contribution in [3.05, 3.63) is 0 Å². The van der Waals surface area contributed by atoms with Crippen molar-refractivity contribution in [2.45, 2.75) is 51.5 Å². The average molecular weight is 224 g/mol. The van der Waals surface area contributed by atoms with E-state index in [4.69, 9.17) is 5.73 Å². The van der Waals surface area contributed by atoms with Crippen molar-refractivity contribution < 1.29 is 0 Å². The lowest BCUT2D eigenvalue weighted by atomic mass is 9.79. The molecule has 2 N–H and O–H groups in total. The lowest BCUT2D eigenvalue weighted by molar-refractivity contribution is 0.131. The van der Waals surface area contributed by atoms with Crippen LogP contribution in [0.1, 0.15) is 45.4 Å². The minimum Gasteiger partial charge on any atom is -0.329 e. The molecule has 94 valence electrons. The molecule has 2 aliphatic carbocycles. The summed E-state index contributed by atoms with van der Waals surface area (Å²) in [6, 6.07) is 0.646. The van der Waals surface area contributed by atoms with Crippen LogP contribution in [0.4, 0.5) is 0 Å². The van der Waals surface area contributed by atoms with E-state index in [1.807, 2.05) is 0 Å². The van der Waals surface area contributed by atoms with Crippen LogP contribution >= 0.6 is 0 Å². The van der Waals surface area contributed by atoms with Crippen LogP contribution in [-0.4, -0.2) is 31.1 Å². The highest BCUT2D eigenvalue weighted by molar-refractivity contribution is 4.85. The Morgan fingerprint density at radius 1 is 1.12 bits per heavy atom. The van der Waals surface area contributed by atoms with Gasteiger partial charge < -0.3 is 10.6 Å². The molecule has 0 spiro atoms. The average Bonchev–Trinajstić information content (AvgIpc) is 3.06. The Bertz CT molecular complexity index is 205. The van der Waals surface area contributed by atoms with Gasteiger partial charge in [0, 0.05) is 19.1 Å². The molecule has 0 heterocycles. The van der Waals surface area contributed by atoms with Gasteiger partial charge in [-0.2, -0.15) is 0 Å². The summed E-state index contributed by atoms with van der Waals surface area (Å²) in [7, 11) is 2.29. The van der Waals surface area contributed by atoms with Crippen molar-refractivity contribution >= 4 is 0 Å². The lowest BCUT2D eigenvalue weighted by Gasteiger charge is -2.37. The summed E-state index contributed by atoms with van der Waals surface area (Å²) >= 11 is 0. The number of hydrogen-bond acceptors (Lipinski definition) is 2. The van der Waals surface area contributed by atoms with Gasteiger partial charge in [-0.3, -0.25) is 0 Å². The third-order valence-corrected chi connectivity index (χ3v) is 4.66. The van der Waals surface area contributed by atoms with Crippen LogP contribution in [-0.2, 0) is 0 Å². The summed E-state index contributed by atoms with van der Waals surface area (Å²) in [5.41, 5.74) is 5.99. The van der Waals surface area contributed by atoms with Gasteiger partial charge in [-0.15, -0.1) is 0 Å². The van der Waals surface area contributed by atoms with E-state index in [0.29, 0.717) is 6.04 Å². The third-order valence-electron chi connectivity index (χ3n) is 4.66. The molecule has 2 rings (SSSR count). The van der Waals surface area contributed by atoms with E-state index in [1.165, 1.54) is 45.1 Å². The Hall–Kier alpha value is -0.0800. The molecule has 2 aliphatic rings. The standard InChI is InChI=1S/C14H28N2/c1-11-3-7-13(8-4-11)14(9-15)16(2)10-12-5-6-12/h11-14H,3-10,15H2,1-2H3. The van der Waals surface area contributed by atoms with E-state index in [1.54, 1.807) is 0 Å². The first kappa shape index (κ1) is 12.4. The zero-order chi connectivity index (χ0) is 11.5. The summed E-state index contributed by atoms with van der Waals surface area (Å²) in [6.07, 6.45) is 8.53. The fourth-order valence-electron chi connectivity index (χ4n) is 3.25. The van der Waals surface area contributed by atoms with Crippen molar-refractivity contribution in [2.24, 2.45) is 23.5 Å². The van der Waals surface area contributed by atoms with Gasteiger partial charge >= 0.3 is 0 Å². The van der Waals surface area contributed by atoms with Gasteiger partial charge in [0.1, 0.15) is 0 Å². The fourth-order valence-corrected chi connectivity index (χ4v) is 3.25. The second-order valence-electron chi connectivity index (χ2n) is 6.21. The van der Waals surface area contributed by atoms with E-state index in [0.717, 1.165) is 24.3 Å². The number of rotatable bonds is 5. The van der Waals surface area contributed by atoms with Crippen LogP contribution < -0.4 is 5.73 Å².